The highest BCUT2D eigenvalue weighted by Crippen LogP contribution is 2.29. The van der Waals surface area contributed by atoms with E-state index in [1.807, 2.05) is 55.1 Å². The normalized spacial score (nSPS) is 13.5. The van der Waals surface area contributed by atoms with Gasteiger partial charge in [0.1, 0.15) is 5.75 Å². The topological polar surface area (TPSA) is 77.0 Å². The van der Waals surface area contributed by atoms with Gasteiger partial charge in [0.15, 0.2) is 17.3 Å². The number of amides is 1. The first-order chi connectivity index (χ1) is 16.6. The van der Waals surface area contributed by atoms with Crippen LogP contribution in [0.5, 0.6) is 17.2 Å². The minimum absolute atomic E-state index is 0.0110. The van der Waals surface area contributed by atoms with Crippen molar-refractivity contribution in [2.75, 3.05) is 51.4 Å². The Morgan fingerprint density at radius 2 is 1.65 bits per heavy atom. The number of piperazine rings is 1. The molecule has 1 amide bonds. The van der Waals surface area contributed by atoms with Gasteiger partial charge < -0.3 is 24.0 Å². The van der Waals surface area contributed by atoms with Crippen LogP contribution in [0.4, 0.5) is 5.82 Å². The molecule has 0 radical (unpaired) electrons. The minimum atomic E-state index is -0.0110. The summed E-state index contributed by atoms with van der Waals surface area (Å²) in [5, 5.41) is 8.82. The Morgan fingerprint density at radius 3 is 2.32 bits per heavy atom. The molecule has 0 unspecified atom stereocenters. The van der Waals surface area contributed by atoms with Gasteiger partial charge >= 0.3 is 0 Å². The molecule has 1 aliphatic heterocycles. The van der Waals surface area contributed by atoms with E-state index < -0.39 is 0 Å². The molecule has 0 aliphatic carbocycles. The lowest BCUT2D eigenvalue weighted by Crippen LogP contribution is -2.49. The van der Waals surface area contributed by atoms with E-state index in [1.54, 1.807) is 25.3 Å². The molecular weight excluding hydrogens is 432 g/mol. The molecule has 4 rings (SSSR count). The quantitative estimate of drug-likeness (QED) is 0.502. The molecule has 0 saturated carbocycles. The van der Waals surface area contributed by atoms with E-state index in [1.165, 1.54) is 0 Å². The third kappa shape index (κ3) is 5.22. The molecule has 1 fully saturated rings. The lowest BCUT2D eigenvalue weighted by atomic mass is 10.1. The number of methoxy groups -OCH3 is 1. The Labute approximate surface area is 200 Å². The maximum Gasteiger partial charge on any atom is 0.254 e. The third-order valence-electron chi connectivity index (χ3n) is 5.70. The zero-order valence-electron chi connectivity index (χ0n) is 19.9. The van der Waals surface area contributed by atoms with E-state index in [9.17, 15) is 4.79 Å². The Bertz CT molecular complexity index is 1110. The first-order valence-corrected chi connectivity index (χ1v) is 11.5. The van der Waals surface area contributed by atoms with Crippen molar-refractivity contribution >= 4 is 11.7 Å². The molecule has 1 aromatic heterocycles. The van der Waals surface area contributed by atoms with Gasteiger partial charge in [-0.05, 0) is 56.3 Å². The van der Waals surface area contributed by atoms with Crippen LogP contribution in [-0.2, 0) is 0 Å². The second-order valence-electron chi connectivity index (χ2n) is 7.82. The maximum absolute atomic E-state index is 13.1. The highest BCUT2D eigenvalue weighted by Gasteiger charge is 2.24. The largest absolute Gasteiger partial charge is 0.497 e. The van der Waals surface area contributed by atoms with Crippen molar-refractivity contribution in [3.63, 3.8) is 0 Å². The number of anilines is 1. The van der Waals surface area contributed by atoms with Gasteiger partial charge in [0.05, 0.1) is 26.0 Å². The van der Waals surface area contributed by atoms with Crippen LogP contribution in [-0.4, -0.2) is 67.5 Å². The summed E-state index contributed by atoms with van der Waals surface area (Å²) >= 11 is 0. The number of rotatable bonds is 8. The molecule has 2 aromatic carbocycles. The molecular formula is C26H30N4O4. The van der Waals surface area contributed by atoms with E-state index in [0.29, 0.717) is 56.5 Å². The number of ether oxygens (including phenoxy) is 3. The zero-order valence-corrected chi connectivity index (χ0v) is 19.9. The van der Waals surface area contributed by atoms with Gasteiger partial charge in [-0.2, -0.15) is 0 Å². The van der Waals surface area contributed by atoms with Crippen LogP contribution < -0.4 is 19.1 Å². The van der Waals surface area contributed by atoms with Crippen LogP contribution in [0, 0.1) is 0 Å². The average Bonchev–Trinajstić information content (AvgIpc) is 2.90. The highest BCUT2D eigenvalue weighted by molar-refractivity contribution is 5.95. The molecule has 8 heteroatoms. The monoisotopic (exact) mass is 462 g/mol. The Hall–Kier alpha value is -3.81. The Balaban J connectivity index is 1.39. The molecule has 178 valence electrons. The van der Waals surface area contributed by atoms with Crippen molar-refractivity contribution in [2.45, 2.75) is 13.8 Å². The van der Waals surface area contributed by atoms with Crippen LogP contribution in [0.15, 0.2) is 54.6 Å². The van der Waals surface area contributed by atoms with Gasteiger partial charge in [-0.25, -0.2) is 0 Å². The average molecular weight is 463 g/mol. The summed E-state index contributed by atoms with van der Waals surface area (Å²) in [6.07, 6.45) is 0. The van der Waals surface area contributed by atoms with Crippen molar-refractivity contribution in [1.29, 1.82) is 0 Å². The van der Waals surface area contributed by atoms with Crippen LogP contribution in [0.3, 0.4) is 0 Å². The van der Waals surface area contributed by atoms with E-state index in [-0.39, 0.29) is 5.91 Å². The number of aromatic nitrogens is 2. The molecule has 3 aromatic rings. The van der Waals surface area contributed by atoms with Crippen molar-refractivity contribution in [3.05, 3.63) is 60.2 Å². The standard InChI is InChI=1S/C26H30N4O4/c1-4-33-23-11-9-20(18-24(23)34-5-2)26(31)30-15-13-29(14-16-30)25-12-10-22(27-28-25)19-7-6-8-21(17-19)32-3/h6-12,17-18H,4-5,13-16H2,1-3H3. The summed E-state index contributed by atoms with van der Waals surface area (Å²) in [7, 11) is 1.64. The molecule has 1 aliphatic rings. The van der Waals surface area contributed by atoms with Gasteiger partial charge in [0.25, 0.3) is 5.91 Å². The summed E-state index contributed by atoms with van der Waals surface area (Å²) in [5.41, 5.74) is 2.34. The predicted molar refractivity (Wildman–Crippen MR) is 131 cm³/mol. The summed E-state index contributed by atoms with van der Waals surface area (Å²) < 4.78 is 16.6. The molecule has 2 heterocycles. The third-order valence-corrected chi connectivity index (χ3v) is 5.70. The predicted octanol–water partition coefficient (Wildman–Crippen LogP) is 3.91. The van der Waals surface area contributed by atoms with Crippen LogP contribution in [0.2, 0.25) is 0 Å². The van der Waals surface area contributed by atoms with E-state index in [4.69, 9.17) is 14.2 Å². The van der Waals surface area contributed by atoms with Gasteiger partial charge in [-0.15, -0.1) is 10.2 Å². The van der Waals surface area contributed by atoms with Crippen molar-refractivity contribution < 1.29 is 19.0 Å². The van der Waals surface area contributed by atoms with E-state index in [2.05, 4.69) is 15.1 Å². The Kier molecular flexibility index (Phi) is 7.47. The summed E-state index contributed by atoms with van der Waals surface area (Å²) in [6.45, 7) is 7.47. The summed E-state index contributed by atoms with van der Waals surface area (Å²) in [5.74, 6) is 2.83. The molecule has 0 atom stereocenters. The highest BCUT2D eigenvalue weighted by atomic mass is 16.5. The molecule has 1 saturated heterocycles. The van der Waals surface area contributed by atoms with Crippen LogP contribution >= 0.6 is 0 Å². The number of benzene rings is 2. The second-order valence-corrected chi connectivity index (χ2v) is 7.82. The number of hydrogen-bond donors (Lipinski definition) is 0. The number of nitrogens with zero attached hydrogens (tertiary/aromatic N) is 4. The van der Waals surface area contributed by atoms with Gasteiger partial charge in [0, 0.05) is 37.3 Å². The molecule has 8 nitrogen and oxygen atoms in total. The lowest BCUT2D eigenvalue weighted by molar-refractivity contribution is 0.0746. The van der Waals surface area contributed by atoms with Crippen LogP contribution in [0.25, 0.3) is 11.3 Å². The van der Waals surface area contributed by atoms with Gasteiger partial charge in [0.2, 0.25) is 0 Å². The Morgan fingerprint density at radius 1 is 0.882 bits per heavy atom. The fourth-order valence-corrected chi connectivity index (χ4v) is 3.94. The molecule has 0 spiro atoms. The summed E-state index contributed by atoms with van der Waals surface area (Å²) in [6, 6.07) is 17.1. The van der Waals surface area contributed by atoms with Gasteiger partial charge in [-0.3, -0.25) is 4.79 Å². The first-order valence-electron chi connectivity index (χ1n) is 11.5. The molecule has 34 heavy (non-hydrogen) atoms. The number of hydrogen-bond acceptors (Lipinski definition) is 7. The summed E-state index contributed by atoms with van der Waals surface area (Å²) in [4.78, 5) is 17.1. The van der Waals surface area contributed by atoms with Gasteiger partial charge in [-0.1, -0.05) is 12.1 Å². The van der Waals surface area contributed by atoms with Crippen molar-refractivity contribution in [3.8, 4) is 28.5 Å². The first kappa shape index (κ1) is 23.4. The SMILES string of the molecule is CCOc1ccc(C(=O)N2CCN(c3ccc(-c4cccc(OC)c4)nn3)CC2)cc1OCC. The maximum atomic E-state index is 13.1. The smallest absolute Gasteiger partial charge is 0.254 e. The fraction of sp³-hybridized carbons (Fsp3) is 0.346. The van der Waals surface area contributed by atoms with Crippen molar-refractivity contribution in [1.82, 2.24) is 15.1 Å². The number of carbonyl (C=O) groups excluding carboxylic acids is 1. The van der Waals surface area contributed by atoms with E-state index >= 15 is 0 Å². The van der Waals surface area contributed by atoms with Crippen molar-refractivity contribution in [2.24, 2.45) is 0 Å². The molecule has 0 bridgehead atoms. The molecule has 0 N–H and O–H groups in total. The number of carbonyl (C=O) groups is 1. The zero-order chi connectivity index (χ0) is 23.9. The van der Waals surface area contributed by atoms with E-state index in [0.717, 1.165) is 22.8 Å². The fourth-order valence-electron chi connectivity index (χ4n) is 3.94. The second kappa shape index (κ2) is 10.9. The van der Waals surface area contributed by atoms with Crippen LogP contribution in [0.1, 0.15) is 24.2 Å². The minimum Gasteiger partial charge on any atom is -0.497 e. The lowest BCUT2D eigenvalue weighted by Gasteiger charge is -2.35.